The van der Waals surface area contributed by atoms with Crippen molar-refractivity contribution in [3.63, 3.8) is 0 Å². The number of halogens is 4. The number of rotatable bonds is 4. The van der Waals surface area contributed by atoms with Gasteiger partial charge < -0.3 is 5.73 Å². The second-order valence-corrected chi connectivity index (χ2v) is 7.20. The third-order valence-corrected chi connectivity index (χ3v) is 5.01. The fourth-order valence-corrected chi connectivity index (χ4v) is 3.49. The molecule has 2 aromatic carbocycles. The smallest absolute Gasteiger partial charge is 0.366 e. The number of alkyl halides is 3. The van der Waals surface area contributed by atoms with Crippen molar-refractivity contribution in [2.24, 2.45) is 5.73 Å². The highest BCUT2D eigenvalue weighted by Gasteiger charge is 2.34. The molecule has 0 unspecified atom stereocenters. The van der Waals surface area contributed by atoms with E-state index >= 15 is 0 Å². The molecular weight excluding hydrogens is 381 g/mol. The molecule has 2 aromatic rings. The van der Waals surface area contributed by atoms with Gasteiger partial charge in [-0.25, -0.2) is 8.42 Å². The molecule has 0 saturated heterocycles. The van der Waals surface area contributed by atoms with Crippen LogP contribution in [0, 0.1) is 6.92 Å². The first-order chi connectivity index (χ1) is 11.4. The summed E-state index contributed by atoms with van der Waals surface area (Å²) < 4.78 is 65.8. The molecule has 0 aliphatic rings. The Morgan fingerprint density at radius 3 is 2.40 bits per heavy atom. The zero-order valence-corrected chi connectivity index (χ0v) is 14.3. The normalized spacial score (nSPS) is 12.0. The van der Waals surface area contributed by atoms with Gasteiger partial charge in [-0.1, -0.05) is 23.7 Å². The predicted molar refractivity (Wildman–Crippen MR) is 87.0 cm³/mol. The molecule has 25 heavy (non-hydrogen) atoms. The lowest BCUT2D eigenvalue weighted by Gasteiger charge is -2.15. The van der Waals surface area contributed by atoms with Crippen LogP contribution in [0.3, 0.4) is 0 Å². The SMILES string of the molecule is Cc1cccc(C(N)=O)c1NS(=O)(=O)c1ccc(Cl)c(C(F)(F)F)c1. The predicted octanol–water partition coefficient (Wildman–Crippen LogP) is 3.57. The molecule has 0 atom stereocenters. The number of nitrogens with two attached hydrogens (primary N) is 1. The van der Waals surface area contributed by atoms with Gasteiger partial charge in [0.15, 0.2) is 0 Å². The Kier molecular flexibility index (Phi) is 5.01. The summed E-state index contributed by atoms with van der Waals surface area (Å²) in [5.41, 5.74) is 4.10. The Hall–Kier alpha value is -2.26. The fourth-order valence-electron chi connectivity index (χ4n) is 2.09. The topological polar surface area (TPSA) is 89.3 Å². The van der Waals surface area contributed by atoms with E-state index in [0.717, 1.165) is 12.1 Å². The molecule has 1 amide bonds. The highest BCUT2D eigenvalue weighted by atomic mass is 35.5. The molecule has 10 heteroatoms. The largest absolute Gasteiger partial charge is 0.417 e. The molecule has 0 spiro atoms. The van der Waals surface area contributed by atoms with E-state index in [0.29, 0.717) is 11.6 Å². The molecule has 0 fully saturated rings. The summed E-state index contributed by atoms with van der Waals surface area (Å²) in [7, 11) is -4.41. The van der Waals surface area contributed by atoms with Gasteiger partial charge in [-0.3, -0.25) is 9.52 Å². The lowest BCUT2D eigenvalue weighted by molar-refractivity contribution is -0.137. The summed E-state index contributed by atoms with van der Waals surface area (Å²) in [6, 6.07) is 6.52. The highest BCUT2D eigenvalue weighted by Crippen LogP contribution is 2.36. The second kappa shape index (κ2) is 6.57. The van der Waals surface area contributed by atoms with Crippen molar-refractivity contribution in [3.05, 3.63) is 58.1 Å². The first kappa shape index (κ1) is 19.1. The summed E-state index contributed by atoms with van der Waals surface area (Å²) in [6.07, 6.45) is -4.82. The first-order valence-electron chi connectivity index (χ1n) is 6.72. The maximum absolute atomic E-state index is 12.9. The van der Waals surface area contributed by atoms with E-state index in [9.17, 15) is 26.4 Å². The van der Waals surface area contributed by atoms with E-state index in [1.54, 1.807) is 0 Å². The minimum atomic E-state index is -4.82. The highest BCUT2D eigenvalue weighted by molar-refractivity contribution is 7.92. The number of anilines is 1. The molecular formula is C15H12ClF3N2O3S. The Balaban J connectivity index is 2.54. The fraction of sp³-hybridized carbons (Fsp3) is 0.133. The first-order valence-corrected chi connectivity index (χ1v) is 8.58. The number of amides is 1. The Bertz CT molecular complexity index is 944. The lowest BCUT2D eigenvalue weighted by Crippen LogP contribution is -2.20. The zero-order chi connectivity index (χ0) is 19.0. The molecule has 0 bridgehead atoms. The van der Waals surface area contributed by atoms with Crippen LogP contribution in [0.1, 0.15) is 21.5 Å². The van der Waals surface area contributed by atoms with Gasteiger partial charge in [0.1, 0.15) is 0 Å². The third-order valence-electron chi connectivity index (χ3n) is 3.33. The van der Waals surface area contributed by atoms with Gasteiger partial charge in [0.25, 0.3) is 15.9 Å². The molecule has 2 rings (SSSR count). The van der Waals surface area contributed by atoms with Crippen molar-refractivity contribution in [2.45, 2.75) is 18.0 Å². The Morgan fingerprint density at radius 1 is 1.20 bits per heavy atom. The van der Waals surface area contributed by atoms with Gasteiger partial charge in [0, 0.05) is 0 Å². The minimum absolute atomic E-state index is 0.0986. The molecule has 0 aliphatic heterocycles. The van der Waals surface area contributed by atoms with E-state index in [2.05, 4.69) is 4.72 Å². The summed E-state index contributed by atoms with van der Waals surface area (Å²) in [5.74, 6) is -0.881. The third kappa shape index (κ3) is 4.05. The van der Waals surface area contributed by atoms with E-state index in [4.69, 9.17) is 17.3 Å². The van der Waals surface area contributed by atoms with Gasteiger partial charge in [0.2, 0.25) is 0 Å². The van der Waals surface area contributed by atoms with Gasteiger partial charge in [0.05, 0.1) is 26.7 Å². The number of para-hydroxylation sites is 1. The Labute approximate surface area is 146 Å². The molecule has 0 radical (unpaired) electrons. The standard InChI is InChI=1S/C15H12ClF3N2O3S/c1-8-3-2-4-10(14(20)22)13(8)21-25(23,24)9-5-6-12(16)11(7-9)15(17,18)19/h2-7,21H,1H3,(H2,20,22). The number of primary amides is 1. The van der Waals surface area contributed by atoms with Crippen LogP contribution < -0.4 is 10.5 Å². The average Bonchev–Trinajstić information content (AvgIpc) is 2.48. The van der Waals surface area contributed by atoms with Crippen molar-refractivity contribution < 1.29 is 26.4 Å². The molecule has 0 aromatic heterocycles. The van der Waals surface area contributed by atoms with Gasteiger partial charge >= 0.3 is 6.18 Å². The second-order valence-electron chi connectivity index (χ2n) is 5.11. The number of benzene rings is 2. The maximum atomic E-state index is 12.9. The summed E-state index contributed by atoms with van der Waals surface area (Å²) >= 11 is 5.49. The van der Waals surface area contributed by atoms with Crippen LogP contribution in [-0.4, -0.2) is 14.3 Å². The van der Waals surface area contributed by atoms with Crippen LogP contribution in [-0.2, 0) is 16.2 Å². The van der Waals surface area contributed by atoms with Crippen molar-refractivity contribution in [2.75, 3.05) is 4.72 Å². The number of nitrogens with one attached hydrogen (secondary N) is 1. The zero-order valence-electron chi connectivity index (χ0n) is 12.7. The van der Waals surface area contributed by atoms with Gasteiger partial charge in [-0.15, -0.1) is 0 Å². The molecule has 3 N–H and O–H groups in total. The van der Waals surface area contributed by atoms with Crippen LogP contribution in [0.25, 0.3) is 0 Å². The van der Waals surface area contributed by atoms with Crippen LogP contribution in [0.5, 0.6) is 0 Å². The number of carbonyl (C=O) groups excluding carboxylic acids is 1. The molecule has 0 saturated carbocycles. The monoisotopic (exact) mass is 392 g/mol. The molecule has 134 valence electrons. The van der Waals surface area contributed by atoms with E-state index < -0.39 is 37.6 Å². The van der Waals surface area contributed by atoms with Crippen LogP contribution in [0.15, 0.2) is 41.3 Å². The van der Waals surface area contributed by atoms with Gasteiger partial charge in [-0.2, -0.15) is 13.2 Å². The number of hydrogen-bond donors (Lipinski definition) is 2. The van der Waals surface area contributed by atoms with Crippen LogP contribution >= 0.6 is 11.6 Å². The van der Waals surface area contributed by atoms with Crippen LogP contribution in [0.2, 0.25) is 5.02 Å². The van der Waals surface area contributed by atoms with E-state index in [1.165, 1.54) is 25.1 Å². The van der Waals surface area contributed by atoms with Gasteiger partial charge in [-0.05, 0) is 36.8 Å². The number of hydrogen-bond acceptors (Lipinski definition) is 3. The van der Waals surface area contributed by atoms with E-state index in [-0.39, 0.29) is 11.3 Å². The number of sulfonamides is 1. The summed E-state index contributed by atoms with van der Waals surface area (Å²) in [6.45, 7) is 1.52. The quantitative estimate of drug-likeness (QED) is 0.833. The summed E-state index contributed by atoms with van der Waals surface area (Å²) in [5, 5.41) is -0.625. The molecule has 0 heterocycles. The lowest BCUT2D eigenvalue weighted by atomic mass is 10.1. The Morgan fingerprint density at radius 2 is 1.84 bits per heavy atom. The maximum Gasteiger partial charge on any atom is 0.417 e. The molecule has 5 nitrogen and oxygen atoms in total. The van der Waals surface area contributed by atoms with Crippen LogP contribution in [0.4, 0.5) is 18.9 Å². The minimum Gasteiger partial charge on any atom is -0.366 e. The summed E-state index contributed by atoms with van der Waals surface area (Å²) in [4.78, 5) is 10.8. The van der Waals surface area contributed by atoms with E-state index in [1.807, 2.05) is 0 Å². The number of aryl methyl sites for hydroxylation is 1. The molecule has 0 aliphatic carbocycles. The average molecular weight is 393 g/mol. The number of carbonyl (C=O) groups is 1. The van der Waals surface area contributed by atoms with Crippen molar-refractivity contribution in [3.8, 4) is 0 Å². The van der Waals surface area contributed by atoms with Crippen molar-refractivity contribution in [1.29, 1.82) is 0 Å². The van der Waals surface area contributed by atoms with Crippen molar-refractivity contribution in [1.82, 2.24) is 0 Å². The van der Waals surface area contributed by atoms with Crippen molar-refractivity contribution >= 4 is 33.2 Å².